The van der Waals surface area contributed by atoms with E-state index in [1.165, 1.54) is 11.1 Å². The molecule has 0 bridgehead atoms. The highest BCUT2D eigenvalue weighted by Crippen LogP contribution is 2.30. The lowest BCUT2D eigenvalue weighted by molar-refractivity contribution is 0.122. The number of ether oxygens (including phenoxy) is 1. The lowest BCUT2D eigenvalue weighted by Gasteiger charge is -2.27. The summed E-state index contributed by atoms with van der Waals surface area (Å²) in [5, 5.41) is 9.90. The molecule has 0 atom stereocenters. The van der Waals surface area contributed by atoms with Crippen LogP contribution in [-0.4, -0.2) is 46.1 Å². The second-order valence-electron chi connectivity index (χ2n) is 8.30. The number of hydrogen-bond acceptors (Lipinski definition) is 7. The van der Waals surface area contributed by atoms with E-state index >= 15 is 0 Å². The second-order valence-corrected chi connectivity index (χ2v) is 9.25. The number of morpholine rings is 1. The van der Waals surface area contributed by atoms with Gasteiger partial charge in [0, 0.05) is 24.4 Å². The average Bonchev–Trinajstić information content (AvgIpc) is 3.46. The highest BCUT2D eigenvalue weighted by molar-refractivity contribution is 7.98. The molecule has 2 aromatic heterocycles. The fraction of sp³-hybridized carbons (Fsp3) is 0.320. The first kappa shape index (κ1) is 21.7. The van der Waals surface area contributed by atoms with E-state index in [2.05, 4.69) is 82.9 Å². The summed E-state index contributed by atoms with van der Waals surface area (Å²) in [5.74, 6) is 2.14. The van der Waals surface area contributed by atoms with Gasteiger partial charge >= 0.3 is 0 Å². The molecule has 1 saturated heterocycles. The van der Waals surface area contributed by atoms with Crippen LogP contribution in [0.5, 0.6) is 0 Å². The Morgan fingerprint density at radius 2 is 1.70 bits per heavy atom. The summed E-state index contributed by atoms with van der Waals surface area (Å²) in [6.45, 7) is 9.26. The highest BCUT2D eigenvalue weighted by atomic mass is 32.2. The normalized spacial score (nSPS) is 14.1. The molecule has 5 rings (SSSR count). The number of aromatic nitrogens is 4. The fourth-order valence-corrected chi connectivity index (χ4v) is 4.76. The zero-order chi connectivity index (χ0) is 22.8. The molecule has 0 radical (unpaired) electrons. The summed E-state index contributed by atoms with van der Waals surface area (Å²) >= 11 is 1.61. The highest BCUT2D eigenvalue weighted by Gasteiger charge is 2.22. The number of nitrogens with zero attached hydrogens (tertiary/aromatic N) is 5. The lowest BCUT2D eigenvalue weighted by Crippen LogP contribution is -2.37. The third-order valence-corrected chi connectivity index (χ3v) is 6.68. The van der Waals surface area contributed by atoms with E-state index in [1.54, 1.807) is 18.0 Å². The molecule has 8 heteroatoms. The quantitative estimate of drug-likeness (QED) is 0.375. The van der Waals surface area contributed by atoms with Gasteiger partial charge in [-0.05, 0) is 44.5 Å². The molecule has 0 aliphatic carbocycles. The molecular formula is C25H27N5O2S. The van der Waals surface area contributed by atoms with Crippen LogP contribution in [0.2, 0.25) is 0 Å². The van der Waals surface area contributed by atoms with Crippen molar-refractivity contribution in [2.45, 2.75) is 31.7 Å². The predicted octanol–water partition coefficient (Wildman–Crippen LogP) is 4.98. The molecule has 0 saturated carbocycles. The Bertz CT molecular complexity index is 1240. The number of benzene rings is 2. The molecular weight excluding hydrogens is 434 g/mol. The summed E-state index contributed by atoms with van der Waals surface area (Å²) < 4.78 is 13.4. The molecule has 170 valence electrons. The third-order valence-electron chi connectivity index (χ3n) is 5.72. The Kier molecular flexibility index (Phi) is 6.20. The standard InChI is InChI=1S/C25H27N5O2S/c1-17-4-7-21(8-5-17)30-24(29-10-12-31-13-11-29)27-28-25(30)33-16-20-15-32-23(26-20)22-9-6-18(2)14-19(22)3/h4-9,14-15H,10-13,16H2,1-3H3. The van der Waals surface area contributed by atoms with Crippen molar-refractivity contribution in [1.82, 2.24) is 19.7 Å². The van der Waals surface area contributed by atoms with Crippen molar-refractivity contribution in [2.75, 3.05) is 31.2 Å². The molecule has 0 N–H and O–H groups in total. The van der Waals surface area contributed by atoms with Gasteiger partial charge in [-0.25, -0.2) is 4.98 Å². The van der Waals surface area contributed by atoms with E-state index in [4.69, 9.17) is 14.1 Å². The zero-order valence-corrected chi connectivity index (χ0v) is 19.9. The Labute approximate surface area is 197 Å². The van der Waals surface area contributed by atoms with E-state index in [0.717, 1.165) is 46.7 Å². The monoisotopic (exact) mass is 461 g/mol. The summed E-state index contributed by atoms with van der Waals surface area (Å²) in [4.78, 5) is 6.96. The molecule has 3 heterocycles. The average molecular weight is 462 g/mol. The van der Waals surface area contributed by atoms with Crippen LogP contribution in [0.3, 0.4) is 0 Å². The Morgan fingerprint density at radius 3 is 2.45 bits per heavy atom. The van der Waals surface area contributed by atoms with Crippen LogP contribution in [0.4, 0.5) is 5.95 Å². The molecule has 7 nitrogen and oxygen atoms in total. The minimum Gasteiger partial charge on any atom is -0.444 e. The second kappa shape index (κ2) is 9.41. The van der Waals surface area contributed by atoms with Crippen LogP contribution in [0.25, 0.3) is 17.1 Å². The molecule has 1 fully saturated rings. The number of oxazole rings is 1. The van der Waals surface area contributed by atoms with Crippen molar-refractivity contribution in [3.05, 3.63) is 71.1 Å². The minimum absolute atomic E-state index is 0.640. The Hall–Kier alpha value is -3.10. The van der Waals surface area contributed by atoms with Gasteiger partial charge in [-0.3, -0.25) is 4.57 Å². The van der Waals surface area contributed by atoms with Crippen molar-refractivity contribution in [1.29, 1.82) is 0 Å². The van der Waals surface area contributed by atoms with E-state index in [-0.39, 0.29) is 0 Å². The van der Waals surface area contributed by atoms with Gasteiger partial charge in [-0.15, -0.1) is 10.2 Å². The van der Waals surface area contributed by atoms with Crippen LogP contribution in [0.1, 0.15) is 22.4 Å². The molecule has 1 aliphatic rings. The summed E-state index contributed by atoms with van der Waals surface area (Å²) in [6, 6.07) is 14.7. The van der Waals surface area contributed by atoms with E-state index in [9.17, 15) is 0 Å². The maximum absolute atomic E-state index is 5.80. The van der Waals surface area contributed by atoms with Gasteiger partial charge in [0.15, 0.2) is 5.16 Å². The van der Waals surface area contributed by atoms with Crippen LogP contribution >= 0.6 is 11.8 Å². The number of rotatable bonds is 6. The van der Waals surface area contributed by atoms with Gasteiger partial charge in [-0.2, -0.15) is 0 Å². The summed E-state index contributed by atoms with van der Waals surface area (Å²) in [5.41, 5.74) is 6.55. The molecule has 0 spiro atoms. The minimum atomic E-state index is 0.640. The molecule has 0 unspecified atom stereocenters. The SMILES string of the molecule is Cc1ccc(-n2c(SCc3coc(-c4ccc(C)cc4C)n3)nnc2N2CCOCC2)cc1. The van der Waals surface area contributed by atoms with Crippen molar-refractivity contribution >= 4 is 17.7 Å². The van der Waals surface area contributed by atoms with Gasteiger partial charge in [0.1, 0.15) is 6.26 Å². The van der Waals surface area contributed by atoms with Crippen LogP contribution < -0.4 is 4.90 Å². The van der Waals surface area contributed by atoms with E-state index in [1.807, 2.05) is 0 Å². The van der Waals surface area contributed by atoms with Crippen LogP contribution in [-0.2, 0) is 10.5 Å². The zero-order valence-electron chi connectivity index (χ0n) is 19.1. The van der Waals surface area contributed by atoms with Crippen LogP contribution in [0, 0.1) is 20.8 Å². The van der Waals surface area contributed by atoms with E-state index < -0.39 is 0 Å². The molecule has 4 aromatic rings. The van der Waals surface area contributed by atoms with E-state index in [0.29, 0.717) is 24.9 Å². The maximum atomic E-state index is 5.80. The van der Waals surface area contributed by atoms with Gasteiger partial charge in [-0.1, -0.05) is 47.2 Å². The van der Waals surface area contributed by atoms with Crippen molar-refractivity contribution in [2.24, 2.45) is 0 Å². The number of hydrogen-bond donors (Lipinski definition) is 0. The summed E-state index contributed by atoms with van der Waals surface area (Å²) in [6.07, 6.45) is 1.73. The number of thioether (sulfide) groups is 1. The number of anilines is 1. The van der Waals surface area contributed by atoms with Gasteiger partial charge in [0.25, 0.3) is 0 Å². The van der Waals surface area contributed by atoms with Gasteiger partial charge in [0.05, 0.1) is 24.6 Å². The molecule has 2 aromatic carbocycles. The Balaban J connectivity index is 1.40. The maximum Gasteiger partial charge on any atom is 0.232 e. The molecule has 33 heavy (non-hydrogen) atoms. The van der Waals surface area contributed by atoms with Gasteiger partial charge in [0.2, 0.25) is 11.8 Å². The van der Waals surface area contributed by atoms with Gasteiger partial charge < -0.3 is 14.1 Å². The largest absolute Gasteiger partial charge is 0.444 e. The first-order valence-corrected chi connectivity index (χ1v) is 12.1. The first-order chi connectivity index (χ1) is 16.1. The lowest BCUT2D eigenvalue weighted by atomic mass is 10.1. The molecule has 1 aliphatic heterocycles. The van der Waals surface area contributed by atoms with Crippen LogP contribution in [0.15, 0.2) is 58.3 Å². The van der Waals surface area contributed by atoms with Crippen molar-refractivity contribution < 1.29 is 9.15 Å². The smallest absolute Gasteiger partial charge is 0.232 e. The predicted molar refractivity (Wildman–Crippen MR) is 130 cm³/mol. The number of aryl methyl sites for hydroxylation is 3. The Morgan fingerprint density at radius 1 is 0.939 bits per heavy atom. The summed E-state index contributed by atoms with van der Waals surface area (Å²) in [7, 11) is 0. The van der Waals surface area contributed by atoms with Crippen molar-refractivity contribution in [3.63, 3.8) is 0 Å². The first-order valence-electron chi connectivity index (χ1n) is 11.1. The topological polar surface area (TPSA) is 69.2 Å². The third kappa shape index (κ3) is 4.67. The molecule has 0 amide bonds. The van der Waals surface area contributed by atoms with Crippen molar-refractivity contribution in [3.8, 4) is 17.1 Å². The fourth-order valence-electron chi connectivity index (χ4n) is 3.93.